The maximum absolute atomic E-state index is 11.1. The van der Waals surface area contributed by atoms with E-state index in [0.717, 1.165) is 16.7 Å². The highest BCUT2D eigenvalue weighted by molar-refractivity contribution is 5.90. The zero-order chi connectivity index (χ0) is 13.8. The second kappa shape index (κ2) is 5.57. The maximum Gasteiger partial charge on any atom is 0.335 e. The summed E-state index contributed by atoms with van der Waals surface area (Å²) in [6, 6.07) is 12.9. The number of hydrogen-bond donors (Lipinski definition) is 1. The smallest absolute Gasteiger partial charge is 0.335 e. The van der Waals surface area contributed by atoms with Gasteiger partial charge in [0.1, 0.15) is 5.75 Å². The molecule has 2 aromatic carbocycles. The molecule has 0 aromatic heterocycles. The molecule has 0 saturated carbocycles. The monoisotopic (exact) mass is 256 g/mol. The molecular weight excluding hydrogens is 240 g/mol. The second-order valence-electron chi connectivity index (χ2n) is 4.32. The van der Waals surface area contributed by atoms with E-state index in [1.54, 1.807) is 18.2 Å². The number of carboxylic acids is 1. The maximum atomic E-state index is 11.1. The van der Waals surface area contributed by atoms with Crippen molar-refractivity contribution in [1.82, 2.24) is 0 Å². The van der Waals surface area contributed by atoms with Crippen LogP contribution in [-0.2, 0) is 0 Å². The third kappa shape index (κ3) is 2.94. The fourth-order valence-electron chi connectivity index (χ4n) is 1.98. The van der Waals surface area contributed by atoms with Crippen LogP contribution in [0.3, 0.4) is 0 Å². The van der Waals surface area contributed by atoms with Crippen molar-refractivity contribution in [3.8, 4) is 16.9 Å². The Bertz CT molecular complexity index is 603. The van der Waals surface area contributed by atoms with E-state index in [9.17, 15) is 4.79 Å². The lowest BCUT2D eigenvalue weighted by Crippen LogP contribution is -1.99. The largest absolute Gasteiger partial charge is 0.493 e. The molecule has 3 nitrogen and oxygen atoms in total. The summed E-state index contributed by atoms with van der Waals surface area (Å²) in [5, 5.41) is 9.09. The minimum Gasteiger partial charge on any atom is -0.493 e. The molecule has 0 radical (unpaired) electrons. The van der Waals surface area contributed by atoms with Crippen LogP contribution in [0.5, 0.6) is 5.75 Å². The average molecular weight is 256 g/mol. The molecule has 0 aliphatic rings. The van der Waals surface area contributed by atoms with Crippen molar-refractivity contribution in [1.29, 1.82) is 0 Å². The molecule has 2 aromatic rings. The molecule has 0 bridgehead atoms. The minimum absolute atomic E-state index is 0.264. The summed E-state index contributed by atoms with van der Waals surface area (Å²) in [6.07, 6.45) is 0. The van der Waals surface area contributed by atoms with Crippen molar-refractivity contribution in [2.75, 3.05) is 6.61 Å². The van der Waals surface area contributed by atoms with Crippen LogP contribution in [0, 0.1) is 6.92 Å². The van der Waals surface area contributed by atoms with E-state index in [1.165, 1.54) is 0 Å². The highest BCUT2D eigenvalue weighted by Gasteiger charge is 2.11. The van der Waals surface area contributed by atoms with Crippen LogP contribution in [0.2, 0.25) is 0 Å². The van der Waals surface area contributed by atoms with Crippen LogP contribution in [0.25, 0.3) is 11.1 Å². The molecule has 0 aliphatic heterocycles. The van der Waals surface area contributed by atoms with Crippen molar-refractivity contribution >= 4 is 5.97 Å². The lowest BCUT2D eigenvalue weighted by Gasteiger charge is -2.11. The van der Waals surface area contributed by atoms with Gasteiger partial charge in [0.2, 0.25) is 0 Å². The Labute approximate surface area is 112 Å². The quantitative estimate of drug-likeness (QED) is 0.906. The van der Waals surface area contributed by atoms with Gasteiger partial charge in [-0.15, -0.1) is 0 Å². The highest BCUT2D eigenvalue weighted by Crippen LogP contribution is 2.31. The van der Waals surface area contributed by atoms with E-state index in [2.05, 4.69) is 0 Å². The van der Waals surface area contributed by atoms with E-state index in [-0.39, 0.29) is 5.56 Å². The lowest BCUT2D eigenvalue weighted by molar-refractivity contribution is 0.0697. The molecule has 0 heterocycles. The van der Waals surface area contributed by atoms with Crippen molar-refractivity contribution in [3.05, 3.63) is 53.6 Å². The molecule has 98 valence electrons. The Morgan fingerprint density at radius 3 is 2.63 bits per heavy atom. The Balaban J connectivity index is 2.57. The van der Waals surface area contributed by atoms with E-state index in [0.29, 0.717) is 12.4 Å². The number of aromatic carboxylic acids is 1. The zero-order valence-corrected chi connectivity index (χ0v) is 11.0. The summed E-state index contributed by atoms with van der Waals surface area (Å²) < 4.78 is 5.57. The van der Waals surface area contributed by atoms with Gasteiger partial charge in [-0.05, 0) is 37.6 Å². The number of carboxylic acid groups (broad SMARTS) is 1. The summed E-state index contributed by atoms with van der Waals surface area (Å²) in [5.41, 5.74) is 3.16. The Kier molecular flexibility index (Phi) is 3.85. The fourth-order valence-corrected chi connectivity index (χ4v) is 1.98. The third-order valence-corrected chi connectivity index (χ3v) is 2.86. The van der Waals surface area contributed by atoms with E-state index in [1.807, 2.05) is 38.1 Å². The van der Waals surface area contributed by atoms with Gasteiger partial charge >= 0.3 is 5.97 Å². The van der Waals surface area contributed by atoms with Crippen molar-refractivity contribution < 1.29 is 14.6 Å². The second-order valence-corrected chi connectivity index (χ2v) is 4.32. The molecular formula is C16H16O3. The average Bonchev–Trinajstić information content (AvgIpc) is 2.39. The van der Waals surface area contributed by atoms with Crippen LogP contribution < -0.4 is 4.74 Å². The molecule has 1 N–H and O–H groups in total. The Morgan fingerprint density at radius 2 is 2.00 bits per heavy atom. The van der Waals surface area contributed by atoms with Gasteiger partial charge in [-0.25, -0.2) is 4.79 Å². The normalized spacial score (nSPS) is 10.2. The van der Waals surface area contributed by atoms with Crippen molar-refractivity contribution in [2.24, 2.45) is 0 Å². The first kappa shape index (κ1) is 13.1. The van der Waals surface area contributed by atoms with Crippen LogP contribution in [0.1, 0.15) is 22.8 Å². The molecule has 19 heavy (non-hydrogen) atoms. The zero-order valence-electron chi connectivity index (χ0n) is 11.0. The van der Waals surface area contributed by atoms with Gasteiger partial charge in [0.05, 0.1) is 12.2 Å². The SMILES string of the molecule is CCOc1ccc(C(=O)O)cc1-c1cccc(C)c1. The molecule has 3 heteroatoms. The lowest BCUT2D eigenvalue weighted by atomic mass is 10.0. The van der Waals surface area contributed by atoms with Crippen LogP contribution in [0.4, 0.5) is 0 Å². The Hall–Kier alpha value is -2.29. The highest BCUT2D eigenvalue weighted by atomic mass is 16.5. The van der Waals surface area contributed by atoms with Crippen molar-refractivity contribution in [2.45, 2.75) is 13.8 Å². The van der Waals surface area contributed by atoms with Gasteiger partial charge in [-0.1, -0.05) is 29.8 Å². The van der Waals surface area contributed by atoms with Gasteiger partial charge in [0.15, 0.2) is 0 Å². The van der Waals surface area contributed by atoms with Gasteiger partial charge in [-0.3, -0.25) is 0 Å². The van der Waals surface area contributed by atoms with Crippen LogP contribution in [-0.4, -0.2) is 17.7 Å². The molecule has 0 atom stereocenters. The number of hydrogen-bond acceptors (Lipinski definition) is 2. The van der Waals surface area contributed by atoms with Gasteiger partial charge < -0.3 is 9.84 Å². The first-order chi connectivity index (χ1) is 9.11. The molecule has 0 saturated heterocycles. The summed E-state index contributed by atoms with van der Waals surface area (Å²) >= 11 is 0. The van der Waals surface area contributed by atoms with E-state index >= 15 is 0 Å². The predicted molar refractivity (Wildman–Crippen MR) is 74.7 cm³/mol. The summed E-state index contributed by atoms with van der Waals surface area (Å²) in [7, 11) is 0. The standard InChI is InChI=1S/C16H16O3/c1-3-19-15-8-7-13(16(17)18)10-14(15)12-6-4-5-11(2)9-12/h4-10H,3H2,1-2H3,(H,17,18). The molecule has 0 spiro atoms. The van der Waals surface area contributed by atoms with Gasteiger partial charge in [-0.2, -0.15) is 0 Å². The number of benzene rings is 2. The molecule has 0 aliphatic carbocycles. The number of ether oxygens (including phenoxy) is 1. The van der Waals surface area contributed by atoms with Gasteiger partial charge in [0.25, 0.3) is 0 Å². The predicted octanol–water partition coefficient (Wildman–Crippen LogP) is 3.76. The summed E-state index contributed by atoms with van der Waals surface area (Å²) in [6.45, 7) is 4.46. The first-order valence-electron chi connectivity index (χ1n) is 6.19. The minimum atomic E-state index is -0.933. The van der Waals surface area contributed by atoms with Gasteiger partial charge in [0, 0.05) is 5.56 Å². The third-order valence-electron chi connectivity index (χ3n) is 2.86. The molecule has 0 amide bonds. The van der Waals surface area contributed by atoms with E-state index < -0.39 is 5.97 Å². The first-order valence-corrected chi connectivity index (χ1v) is 6.19. The topological polar surface area (TPSA) is 46.5 Å². The fraction of sp³-hybridized carbons (Fsp3) is 0.188. The molecule has 0 fully saturated rings. The van der Waals surface area contributed by atoms with E-state index in [4.69, 9.17) is 9.84 Å². The Morgan fingerprint density at radius 1 is 1.21 bits per heavy atom. The summed E-state index contributed by atoms with van der Waals surface area (Å²) in [5.74, 6) is -0.227. The van der Waals surface area contributed by atoms with Crippen LogP contribution >= 0.6 is 0 Å². The number of carbonyl (C=O) groups is 1. The number of rotatable bonds is 4. The van der Waals surface area contributed by atoms with Crippen molar-refractivity contribution in [3.63, 3.8) is 0 Å². The number of aryl methyl sites for hydroxylation is 1. The molecule has 2 rings (SSSR count). The van der Waals surface area contributed by atoms with Crippen LogP contribution in [0.15, 0.2) is 42.5 Å². The summed E-state index contributed by atoms with van der Waals surface area (Å²) in [4.78, 5) is 11.1. The molecule has 0 unspecified atom stereocenters.